The van der Waals surface area contributed by atoms with Crippen LogP contribution >= 0.6 is 15.9 Å². The van der Waals surface area contributed by atoms with Crippen LogP contribution in [0, 0.1) is 6.92 Å². The Bertz CT molecular complexity index is 392. The van der Waals surface area contributed by atoms with Gasteiger partial charge in [-0.2, -0.15) is 0 Å². The topological polar surface area (TPSA) is 83.5 Å². The molecule has 1 rings (SSSR count). The van der Waals surface area contributed by atoms with Gasteiger partial charge in [-0.25, -0.2) is 0 Å². The molecule has 4 N–H and O–H groups in total. The van der Waals surface area contributed by atoms with Gasteiger partial charge in [0.05, 0.1) is 0 Å². The molecule has 1 aromatic rings. The number of carboxylic acids is 1. The summed E-state index contributed by atoms with van der Waals surface area (Å²) in [6, 6.07) is 2.15. The molecule has 0 spiro atoms. The van der Waals surface area contributed by atoms with Gasteiger partial charge in [0.1, 0.15) is 11.8 Å². The van der Waals surface area contributed by atoms with Crippen LogP contribution in [0.5, 0.6) is 5.75 Å². The number of aromatic hydroxyl groups is 1. The summed E-state index contributed by atoms with van der Waals surface area (Å²) in [7, 11) is 0. The van der Waals surface area contributed by atoms with Gasteiger partial charge in [0.25, 0.3) is 0 Å². The molecule has 1 aromatic carbocycles. The first-order valence-corrected chi connectivity index (χ1v) is 5.17. The molecule has 0 saturated heterocycles. The summed E-state index contributed by atoms with van der Waals surface area (Å²) in [6.07, 6.45) is 0.186. The maximum Gasteiger partial charge on any atom is 0.320 e. The molecule has 0 saturated carbocycles. The number of rotatable bonds is 3. The number of carboxylic acid groups (broad SMARTS) is 1. The smallest absolute Gasteiger partial charge is 0.320 e. The zero-order chi connectivity index (χ0) is 11.6. The minimum atomic E-state index is -1.05. The minimum absolute atomic E-state index is 0.114. The van der Waals surface area contributed by atoms with Gasteiger partial charge in [0.2, 0.25) is 0 Å². The van der Waals surface area contributed by atoms with Crippen LogP contribution in [0.3, 0.4) is 0 Å². The van der Waals surface area contributed by atoms with Crippen LogP contribution in [-0.2, 0) is 11.2 Å². The fraction of sp³-hybridized carbons (Fsp3) is 0.300. The van der Waals surface area contributed by atoms with Crippen LogP contribution < -0.4 is 5.73 Å². The van der Waals surface area contributed by atoms with E-state index in [2.05, 4.69) is 15.9 Å². The fourth-order valence-corrected chi connectivity index (χ4v) is 1.69. The summed E-state index contributed by atoms with van der Waals surface area (Å²) in [5.74, 6) is -0.939. The van der Waals surface area contributed by atoms with Crippen LogP contribution in [0.25, 0.3) is 0 Å². The fourth-order valence-electron chi connectivity index (χ4n) is 1.29. The van der Waals surface area contributed by atoms with E-state index in [0.717, 1.165) is 10.0 Å². The van der Waals surface area contributed by atoms with Crippen molar-refractivity contribution in [2.75, 3.05) is 0 Å². The SMILES string of the molecule is Cc1cc(O)cc(CC(N)C(=O)O)c1Br. The molecule has 5 heteroatoms. The second kappa shape index (κ2) is 4.63. The van der Waals surface area contributed by atoms with E-state index in [9.17, 15) is 9.90 Å². The molecular formula is C10H12BrNO3. The van der Waals surface area contributed by atoms with Crippen LogP contribution in [0.2, 0.25) is 0 Å². The number of benzene rings is 1. The van der Waals surface area contributed by atoms with Crippen molar-refractivity contribution in [1.29, 1.82) is 0 Å². The van der Waals surface area contributed by atoms with Crippen LogP contribution in [0.1, 0.15) is 11.1 Å². The predicted octanol–water partition coefficient (Wildman–Crippen LogP) is 1.42. The molecule has 0 aliphatic heterocycles. The molecule has 0 radical (unpaired) electrons. The zero-order valence-electron chi connectivity index (χ0n) is 8.20. The van der Waals surface area contributed by atoms with Crippen molar-refractivity contribution in [2.45, 2.75) is 19.4 Å². The van der Waals surface area contributed by atoms with Gasteiger partial charge in [-0.15, -0.1) is 0 Å². The molecule has 1 atom stereocenters. The van der Waals surface area contributed by atoms with Gasteiger partial charge in [0.15, 0.2) is 0 Å². The highest BCUT2D eigenvalue weighted by Crippen LogP contribution is 2.27. The predicted molar refractivity (Wildman–Crippen MR) is 59.9 cm³/mol. The number of carbonyl (C=O) groups is 1. The number of phenolic OH excluding ortho intramolecular Hbond substituents is 1. The monoisotopic (exact) mass is 273 g/mol. The lowest BCUT2D eigenvalue weighted by molar-refractivity contribution is -0.138. The molecule has 0 fully saturated rings. The number of hydrogen-bond donors (Lipinski definition) is 3. The first kappa shape index (κ1) is 12.0. The average Bonchev–Trinajstić information content (AvgIpc) is 2.13. The summed E-state index contributed by atoms with van der Waals surface area (Å²) in [5.41, 5.74) is 6.96. The van der Waals surface area contributed by atoms with E-state index < -0.39 is 12.0 Å². The third-order valence-electron chi connectivity index (χ3n) is 2.07. The minimum Gasteiger partial charge on any atom is -0.508 e. The van der Waals surface area contributed by atoms with Gasteiger partial charge in [0, 0.05) is 4.47 Å². The number of hydrogen-bond acceptors (Lipinski definition) is 3. The highest BCUT2D eigenvalue weighted by Gasteiger charge is 2.15. The van der Waals surface area contributed by atoms with Gasteiger partial charge in [-0.05, 0) is 36.6 Å². The molecule has 0 aliphatic carbocycles. The molecular weight excluding hydrogens is 262 g/mol. The van der Waals surface area contributed by atoms with E-state index in [4.69, 9.17) is 10.8 Å². The van der Waals surface area contributed by atoms with Gasteiger partial charge in [-0.1, -0.05) is 15.9 Å². The molecule has 15 heavy (non-hydrogen) atoms. The van der Waals surface area contributed by atoms with Crippen LogP contribution in [-0.4, -0.2) is 22.2 Å². The van der Waals surface area contributed by atoms with Crippen molar-refractivity contribution in [2.24, 2.45) is 5.73 Å². The average molecular weight is 274 g/mol. The molecule has 4 nitrogen and oxygen atoms in total. The Morgan fingerprint density at radius 3 is 2.73 bits per heavy atom. The molecule has 1 unspecified atom stereocenters. The summed E-state index contributed by atoms with van der Waals surface area (Å²) in [6.45, 7) is 1.82. The Balaban J connectivity index is 2.99. The highest BCUT2D eigenvalue weighted by atomic mass is 79.9. The lowest BCUT2D eigenvalue weighted by Crippen LogP contribution is -2.32. The Hall–Kier alpha value is -1.07. The molecule has 0 aromatic heterocycles. The Morgan fingerprint density at radius 1 is 1.60 bits per heavy atom. The van der Waals surface area contributed by atoms with Gasteiger partial charge < -0.3 is 15.9 Å². The van der Waals surface area contributed by atoms with E-state index in [1.807, 2.05) is 6.92 Å². The van der Waals surface area contributed by atoms with E-state index >= 15 is 0 Å². The van der Waals surface area contributed by atoms with Crippen LogP contribution in [0.4, 0.5) is 0 Å². The highest BCUT2D eigenvalue weighted by molar-refractivity contribution is 9.10. The first-order valence-electron chi connectivity index (χ1n) is 4.38. The molecule has 0 amide bonds. The Labute approximate surface area is 95.8 Å². The standard InChI is InChI=1S/C10H12BrNO3/c1-5-2-7(13)3-6(9(5)11)4-8(12)10(14)15/h2-3,8,13H,4,12H2,1H3,(H,14,15). The number of aryl methyl sites for hydroxylation is 1. The van der Waals surface area contributed by atoms with Crippen molar-refractivity contribution in [3.63, 3.8) is 0 Å². The van der Waals surface area contributed by atoms with E-state index in [0.29, 0.717) is 5.56 Å². The zero-order valence-corrected chi connectivity index (χ0v) is 9.78. The summed E-state index contributed by atoms with van der Waals surface area (Å²) in [5, 5.41) is 18.0. The second-order valence-electron chi connectivity index (χ2n) is 3.38. The summed E-state index contributed by atoms with van der Waals surface area (Å²) in [4.78, 5) is 10.6. The summed E-state index contributed by atoms with van der Waals surface area (Å²) >= 11 is 3.33. The Kier molecular flexibility index (Phi) is 3.71. The maximum absolute atomic E-state index is 10.6. The number of nitrogens with two attached hydrogens (primary N) is 1. The van der Waals surface area contributed by atoms with Crippen molar-refractivity contribution in [3.05, 3.63) is 27.7 Å². The third kappa shape index (κ3) is 2.94. The van der Waals surface area contributed by atoms with Gasteiger partial charge in [-0.3, -0.25) is 4.79 Å². The normalized spacial score (nSPS) is 12.5. The quantitative estimate of drug-likeness (QED) is 0.778. The third-order valence-corrected chi connectivity index (χ3v) is 3.21. The number of phenols is 1. The van der Waals surface area contributed by atoms with E-state index in [-0.39, 0.29) is 12.2 Å². The maximum atomic E-state index is 10.6. The Morgan fingerprint density at radius 2 is 2.20 bits per heavy atom. The van der Waals surface area contributed by atoms with Gasteiger partial charge >= 0.3 is 5.97 Å². The summed E-state index contributed by atoms with van der Waals surface area (Å²) < 4.78 is 0.789. The van der Waals surface area contributed by atoms with Crippen molar-refractivity contribution < 1.29 is 15.0 Å². The lowest BCUT2D eigenvalue weighted by Gasteiger charge is -2.10. The van der Waals surface area contributed by atoms with E-state index in [1.165, 1.54) is 6.07 Å². The number of halogens is 1. The van der Waals surface area contributed by atoms with Crippen molar-refractivity contribution >= 4 is 21.9 Å². The number of aliphatic carboxylic acids is 1. The van der Waals surface area contributed by atoms with Crippen LogP contribution in [0.15, 0.2) is 16.6 Å². The molecule has 0 heterocycles. The van der Waals surface area contributed by atoms with Crippen molar-refractivity contribution in [3.8, 4) is 5.75 Å². The molecule has 0 bridgehead atoms. The lowest BCUT2D eigenvalue weighted by atomic mass is 10.0. The largest absolute Gasteiger partial charge is 0.508 e. The van der Waals surface area contributed by atoms with Crippen molar-refractivity contribution in [1.82, 2.24) is 0 Å². The first-order chi connectivity index (χ1) is 6.91. The second-order valence-corrected chi connectivity index (χ2v) is 4.18. The molecule has 0 aliphatic rings. The van der Waals surface area contributed by atoms with E-state index in [1.54, 1.807) is 6.07 Å². The molecule has 82 valence electrons.